The van der Waals surface area contributed by atoms with Crippen LogP contribution in [0.4, 0.5) is 0 Å². The van der Waals surface area contributed by atoms with Crippen molar-refractivity contribution in [1.82, 2.24) is 0 Å². The summed E-state index contributed by atoms with van der Waals surface area (Å²) in [7, 11) is 0. The van der Waals surface area contributed by atoms with Crippen LogP contribution in [0, 0.1) is 0 Å². The smallest absolute Gasteiger partial charge is 0.0939 e. The average Bonchev–Trinajstić information content (AvgIpc) is 2.50. The van der Waals surface area contributed by atoms with Crippen molar-refractivity contribution < 1.29 is 4.74 Å². The van der Waals surface area contributed by atoms with Crippen molar-refractivity contribution in [3.63, 3.8) is 0 Å². The lowest BCUT2D eigenvalue weighted by Gasteiger charge is -2.06. The molecule has 0 unspecified atom stereocenters. The largest absolute Gasteiger partial charge is 0.472 e. The van der Waals surface area contributed by atoms with E-state index in [1.165, 1.54) is 36.8 Å². The molecule has 0 bridgehead atoms. The standard InChI is InChI=1S/C11H14O/c1-2-3-9-4-5-10-8-12-7-6-11(9)10/h6-8H,2-5H2,1H3. The van der Waals surface area contributed by atoms with E-state index in [9.17, 15) is 0 Å². The van der Waals surface area contributed by atoms with E-state index in [4.69, 9.17) is 4.74 Å². The number of ether oxygens (including phenoxy) is 1. The van der Waals surface area contributed by atoms with Crippen LogP contribution in [0.5, 0.6) is 0 Å². The van der Waals surface area contributed by atoms with Crippen molar-refractivity contribution in [3.05, 3.63) is 35.3 Å². The number of hydrogen-bond donors (Lipinski definition) is 0. The second kappa shape index (κ2) is 3.18. The van der Waals surface area contributed by atoms with E-state index in [2.05, 4.69) is 13.0 Å². The summed E-state index contributed by atoms with van der Waals surface area (Å²) < 4.78 is 5.13. The molecule has 0 fully saturated rings. The molecule has 0 N–H and O–H groups in total. The minimum Gasteiger partial charge on any atom is -0.472 e. The summed E-state index contributed by atoms with van der Waals surface area (Å²) in [5.74, 6) is 0. The van der Waals surface area contributed by atoms with E-state index in [1.807, 2.05) is 6.26 Å². The highest BCUT2D eigenvalue weighted by atomic mass is 16.5. The van der Waals surface area contributed by atoms with Gasteiger partial charge in [-0.15, -0.1) is 0 Å². The fraction of sp³-hybridized carbons (Fsp3) is 0.455. The molecule has 0 aromatic carbocycles. The summed E-state index contributed by atoms with van der Waals surface area (Å²) in [6, 6.07) is 0. The summed E-state index contributed by atoms with van der Waals surface area (Å²) in [5, 5.41) is 0. The predicted octanol–water partition coefficient (Wildman–Crippen LogP) is 3.30. The van der Waals surface area contributed by atoms with E-state index in [0.29, 0.717) is 0 Å². The number of fused-ring (bicyclic) bond motifs is 1. The molecule has 2 aliphatic rings. The Morgan fingerprint density at radius 1 is 1.42 bits per heavy atom. The molecule has 0 saturated carbocycles. The molecule has 0 amide bonds. The van der Waals surface area contributed by atoms with Crippen molar-refractivity contribution in [1.29, 1.82) is 0 Å². The third-order valence-corrected chi connectivity index (χ3v) is 2.50. The Labute approximate surface area is 73.4 Å². The first kappa shape index (κ1) is 7.66. The highest BCUT2D eigenvalue weighted by molar-refractivity contribution is 5.48. The van der Waals surface area contributed by atoms with Gasteiger partial charge in [0.05, 0.1) is 12.5 Å². The SMILES string of the molecule is CCCC1=C2C=COC=C2CC1. The third kappa shape index (κ3) is 1.20. The Morgan fingerprint density at radius 3 is 3.17 bits per heavy atom. The second-order valence-corrected chi connectivity index (χ2v) is 3.35. The zero-order chi connectivity index (χ0) is 8.39. The van der Waals surface area contributed by atoms with Crippen LogP contribution in [0.2, 0.25) is 0 Å². The quantitative estimate of drug-likeness (QED) is 0.605. The topological polar surface area (TPSA) is 9.23 Å². The van der Waals surface area contributed by atoms with Crippen LogP contribution in [-0.2, 0) is 4.74 Å². The normalized spacial score (nSPS) is 20.6. The molecule has 2 rings (SSSR count). The number of allylic oxidation sites excluding steroid dienone is 4. The van der Waals surface area contributed by atoms with Crippen LogP contribution in [-0.4, -0.2) is 0 Å². The van der Waals surface area contributed by atoms with E-state index in [-0.39, 0.29) is 0 Å². The molecule has 1 aliphatic heterocycles. The maximum Gasteiger partial charge on any atom is 0.0939 e. The van der Waals surface area contributed by atoms with Crippen molar-refractivity contribution >= 4 is 0 Å². The highest BCUT2D eigenvalue weighted by Crippen LogP contribution is 2.36. The summed E-state index contributed by atoms with van der Waals surface area (Å²) in [6.45, 7) is 2.23. The molecule has 0 saturated heterocycles. The van der Waals surface area contributed by atoms with Gasteiger partial charge in [-0.05, 0) is 36.5 Å². The summed E-state index contributed by atoms with van der Waals surface area (Å²) in [5.41, 5.74) is 4.45. The first-order chi connectivity index (χ1) is 5.92. The van der Waals surface area contributed by atoms with Crippen molar-refractivity contribution in [2.45, 2.75) is 32.6 Å². The van der Waals surface area contributed by atoms with Gasteiger partial charge < -0.3 is 4.74 Å². The number of rotatable bonds is 2. The minimum atomic E-state index is 1.18. The molecule has 1 heteroatoms. The Bertz CT molecular complexity index is 269. The fourth-order valence-electron chi connectivity index (χ4n) is 1.92. The van der Waals surface area contributed by atoms with E-state index < -0.39 is 0 Å². The Hall–Kier alpha value is -0.980. The van der Waals surface area contributed by atoms with Gasteiger partial charge in [0.15, 0.2) is 0 Å². The van der Waals surface area contributed by atoms with Crippen LogP contribution in [0.3, 0.4) is 0 Å². The van der Waals surface area contributed by atoms with Gasteiger partial charge in [0.2, 0.25) is 0 Å². The minimum absolute atomic E-state index is 1.18. The van der Waals surface area contributed by atoms with Gasteiger partial charge >= 0.3 is 0 Å². The lowest BCUT2D eigenvalue weighted by atomic mass is 10.0. The van der Waals surface area contributed by atoms with Crippen LogP contribution < -0.4 is 0 Å². The van der Waals surface area contributed by atoms with Crippen molar-refractivity contribution in [3.8, 4) is 0 Å². The van der Waals surface area contributed by atoms with Crippen LogP contribution in [0.15, 0.2) is 35.3 Å². The Balaban J connectivity index is 2.26. The van der Waals surface area contributed by atoms with Gasteiger partial charge in [-0.2, -0.15) is 0 Å². The lowest BCUT2D eigenvalue weighted by molar-refractivity contribution is 0.393. The first-order valence-corrected chi connectivity index (χ1v) is 4.65. The summed E-state index contributed by atoms with van der Waals surface area (Å²) >= 11 is 0. The molecule has 1 heterocycles. The van der Waals surface area contributed by atoms with Crippen LogP contribution >= 0.6 is 0 Å². The molecule has 1 aliphatic carbocycles. The Kier molecular flexibility index (Phi) is 2.03. The molecular weight excluding hydrogens is 148 g/mol. The van der Waals surface area contributed by atoms with Crippen LogP contribution in [0.25, 0.3) is 0 Å². The molecule has 0 radical (unpaired) electrons. The van der Waals surface area contributed by atoms with Gasteiger partial charge in [0, 0.05) is 0 Å². The third-order valence-electron chi connectivity index (χ3n) is 2.50. The zero-order valence-corrected chi connectivity index (χ0v) is 7.47. The molecule has 0 aromatic rings. The second-order valence-electron chi connectivity index (χ2n) is 3.35. The maximum atomic E-state index is 5.13. The zero-order valence-electron chi connectivity index (χ0n) is 7.47. The molecular formula is C11H14O. The molecule has 0 aromatic heterocycles. The van der Waals surface area contributed by atoms with Gasteiger partial charge in [0.25, 0.3) is 0 Å². The molecule has 0 atom stereocenters. The predicted molar refractivity (Wildman–Crippen MR) is 49.5 cm³/mol. The molecule has 0 spiro atoms. The monoisotopic (exact) mass is 162 g/mol. The average molecular weight is 162 g/mol. The summed E-state index contributed by atoms with van der Waals surface area (Å²) in [4.78, 5) is 0. The lowest BCUT2D eigenvalue weighted by Crippen LogP contribution is -1.88. The Morgan fingerprint density at radius 2 is 2.33 bits per heavy atom. The van der Waals surface area contributed by atoms with Crippen LogP contribution in [0.1, 0.15) is 32.6 Å². The molecule has 64 valence electrons. The first-order valence-electron chi connectivity index (χ1n) is 4.65. The van der Waals surface area contributed by atoms with E-state index in [1.54, 1.807) is 11.8 Å². The van der Waals surface area contributed by atoms with E-state index >= 15 is 0 Å². The summed E-state index contributed by atoms with van der Waals surface area (Å²) in [6.07, 6.45) is 10.7. The molecule has 1 nitrogen and oxygen atoms in total. The maximum absolute atomic E-state index is 5.13. The van der Waals surface area contributed by atoms with E-state index in [0.717, 1.165) is 0 Å². The van der Waals surface area contributed by atoms with Gasteiger partial charge in [0.1, 0.15) is 0 Å². The van der Waals surface area contributed by atoms with Crippen molar-refractivity contribution in [2.75, 3.05) is 0 Å². The van der Waals surface area contributed by atoms with Gasteiger partial charge in [-0.25, -0.2) is 0 Å². The highest BCUT2D eigenvalue weighted by Gasteiger charge is 2.18. The number of hydrogen-bond acceptors (Lipinski definition) is 1. The fourth-order valence-corrected chi connectivity index (χ4v) is 1.92. The van der Waals surface area contributed by atoms with Gasteiger partial charge in [-0.3, -0.25) is 0 Å². The van der Waals surface area contributed by atoms with Crippen molar-refractivity contribution in [2.24, 2.45) is 0 Å². The molecule has 12 heavy (non-hydrogen) atoms. The van der Waals surface area contributed by atoms with Gasteiger partial charge in [-0.1, -0.05) is 18.9 Å².